The van der Waals surface area contributed by atoms with Gasteiger partial charge in [0.2, 0.25) is 6.79 Å². The maximum Gasteiger partial charge on any atom is 0.231 e. The highest BCUT2D eigenvalue weighted by Crippen LogP contribution is 2.32. The number of carbonyl (C=O) groups is 1. The SMILES string of the molecule is Cc1ccc(O)c(C(=O)C=Cc2ccc3c(c2)OCO3)c1. The molecule has 0 bridgehead atoms. The van der Waals surface area contributed by atoms with Crippen molar-refractivity contribution in [3.8, 4) is 17.2 Å². The van der Waals surface area contributed by atoms with Crippen LogP contribution < -0.4 is 9.47 Å². The molecule has 0 amide bonds. The molecule has 4 nitrogen and oxygen atoms in total. The molecule has 4 heteroatoms. The first-order valence-corrected chi connectivity index (χ1v) is 6.55. The van der Waals surface area contributed by atoms with E-state index in [0.717, 1.165) is 11.1 Å². The zero-order valence-corrected chi connectivity index (χ0v) is 11.5. The lowest BCUT2D eigenvalue weighted by Gasteiger charge is -2.02. The average Bonchev–Trinajstić information content (AvgIpc) is 2.94. The van der Waals surface area contributed by atoms with Gasteiger partial charge < -0.3 is 14.6 Å². The fourth-order valence-electron chi connectivity index (χ4n) is 2.13. The van der Waals surface area contributed by atoms with E-state index in [0.29, 0.717) is 17.1 Å². The molecule has 0 atom stereocenters. The number of ketones is 1. The van der Waals surface area contributed by atoms with E-state index in [1.54, 1.807) is 24.3 Å². The Morgan fingerprint density at radius 3 is 2.81 bits per heavy atom. The molecular formula is C17H14O4. The van der Waals surface area contributed by atoms with Crippen LogP contribution in [-0.2, 0) is 0 Å². The summed E-state index contributed by atoms with van der Waals surface area (Å²) >= 11 is 0. The van der Waals surface area contributed by atoms with Crippen LogP contribution in [-0.4, -0.2) is 17.7 Å². The Kier molecular flexibility index (Phi) is 3.36. The Hall–Kier alpha value is -2.75. The Morgan fingerprint density at radius 2 is 1.95 bits per heavy atom. The molecule has 0 fully saturated rings. The number of phenolic OH excluding ortho intramolecular Hbond substituents is 1. The van der Waals surface area contributed by atoms with E-state index in [-0.39, 0.29) is 18.3 Å². The number of hydrogen-bond acceptors (Lipinski definition) is 4. The third-order valence-electron chi connectivity index (χ3n) is 3.24. The maximum absolute atomic E-state index is 12.1. The van der Waals surface area contributed by atoms with E-state index in [1.165, 1.54) is 12.1 Å². The quantitative estimate of drug-likeness (QED) is 0.693. The fraction of sp³-hybridized carbons (Fsp3) is 0.118. The highest BCUT2D eigenvalue weighted by Gasteiger charge is 2.13. The molecule has 3 rings (SSSR count). The number of phenols is 1. The van der Waals surface area contributed by atoms with Crippen molar-refractivity contribution in [1.82, 2.24) is 0 Å². The number of ether oxygens (including phenoxy) is 2. The number of aryl methyl sites for hydroxylation is 1. The summed E-state index contributed by atoms with van der Waals surface area (Å²) in [7, 11) is 0. The van der Waals surface area contributed by atoms with Crippen LogP contribution in [0.4, 0.5) is 0 Å². The topological polar surface area (TPSA) is 55.8 Å². The third kappa shape index (κ3) is 2.74. The Bertz CT molecular complexity index is 732. The minimum absolute atomic E-state index is 0.0130. The van der Waals surface area contributed by atoms with Gasteiger partial charge in [-0.1, -0.05) is 23.8 Å². The summed E-state index contributed by atoms with van der Waals surface area (Å²) in [6, 6.07) is 10.4. The van der Waals surface area contributed by atoms with E-state index in [2.05, 4.69) is 0 Å². The third-order valence-corrected chi connectivity index (χ3v) is 3.24. The smallest absolute Gasteiger partial charge is 0.231 e. The van der Waals surface area contributed by atoms with Gasteiger partial charge in [-0.3, -0.25) is 4.79 Å². The summed E-state index contributed by atoms with van der Waals surface area (Å²) in [6.45, 7) is 2.09. The van der Waals surface area contributed by atoms with Gasteiger partial charge in [-0.05, 0) is 42.8 Å². The molecule has 0 unspecified atom stereocenters. The van der Waals surface area contributed by atoms with E-state index < -0.39 is 0 Å². The average molecular weight is 282 g/mol. The molecule has 0 aromatic heterocycles. The van der Waals surface area contributed by atoms with Gasteiger partial charge in [0, 0.05) is 0 Å². The second-order valence-corrected chi connectivity index (χ2v) is 4.83. The number of hydrogen-bond donors (Lipinski definition) is 1. The van der Waals surface area contributed by atoms with Crippen LogP contribution in [0.5, 0.6) is 17.2 Å². The highest BCUT2D eigenvalue weighted by molar-refractivity contribution is 6.08. The molecule has 0 radical (unpaired) electrons. The molecule has 1 N–H and O–H groups in total. The van der Waals surface area contributed by atoms with Crippen molar-refractivity contribution in [1.29, 1.82) is 0 Å². The normalized spacial score (nSPS) is 12.8. The Balaban J connectivity index is 1.82. The van der Waals surface area contributed by atoms with Crippen LogP contribution >= 0.6 is 0 Å². The van der Waals surface area contributed by atoms with E-state index in [4.69, 9.17) is 9.47 Å². The van der Waals surface area contributed by atoms with Crippen LogP contribution in [0.3, 0.4) is 0 Å². The minimum Gasteiger partial charge on any atom is -0.507 e. The summed E-state index contributed by atoms with van der Waals surface area (Å²) in [5.74, 6) is 1.12. The van der Waals surface area contributed by atoms with Gasteiger partial charge in [-0.25, -0.2) is 0 Å². The molecule has 1 aliphatic rings. The summed E-state index contributed by atoms with van der Waals surface area (Å²) in [5.41, 5.74) is 2.05. The van der Waals surface area contributed by atoms with Crippen molar-refractivity contribution < 1.29 is 19.4 Å². The van der Waals surface area contributed by atoms with Gasteiger partial charge in [0.25, 0.3) is 0 Å². The first-order chi connectivity index (χ1) is 10.1. The maximum atomic E-state index is 12.1. The molecule has 1 heterocycles. The summed E-state index contributed by atoms with van der Waals surface area (Å²) in [6.07, 6.45) is 3.12. The molecule has 1 aliphatic heterocycles. The number of allylic oxidation sites excluding steroid dienone is 1. The van der Waals surface area contributed by atoms with E-state index >= 15 is 0 Å². The first kappa shape index (κ1) is 13.2. The minimum atomic E-state index is -0.242. The molecule has 21 heavy (non-hydrogen) atoms. The van der Waals surface area contributed by atoms with Crippen LogP contribution in [0.15, 0.2) is 42.5 Å². The zero-order valence-electron chi connectivity index (χ0n) is 11.5. The highest BCUT2D eigenvalue weighted by atomic mass is 16.7. The number of fused-ring (bicyclic) bond motifs is 1. The van der Waals surface area contributed by atoms with Gasteiger partial charge in [0.05, 0.1) is 5.56 Å². The Morgan fingerprint density at radius 1 is 1.14 bits per heavy atom. The molecule has 0 spiro atoms. The Labute approximate surface area is 122 Å². The predicted octanol–water partition coefficient (Wildman–Crippen LogP) is 3.33. The first-order valence-electron chi connectivity index (χ1n) is 6.55. The molecule has 0 aliphatic carbocycles. The lowest BCUT2D eigenvalue weighted by molar-refractivity contribution is 0.104. The van der Waals surface area contributed by atoms with Crippen molar-refractivity contribution in [2.45, 2.75) is 6.92 Å². The monoisotopic (exact) mass is 282 g/mol. The molecule has 2 aromatic rings. The lowest BCUT2D eigenvalue weighted by atomic mass is 10.1. The summed E-state index contributed by atoms with van der Waals surface area (Å²) in [4.78, 5) is 12.1. The van der Waals surface area contributed by atoms with Gasteiger partial charge in [0.15, 0.2) is 17.3 Å². The molecule has 106 valence electrons. The van der Waals surface area contributed by atoms with Crippen LogP contribution in [0.1, 0.15) is 21.5 Å². The van der Waals surface area contributed by atoms with Crippen molar-refractivity contribution in [3.63, 3.8) is 0 Å². The molecule has 2 aromatic carbocycles. The van der Waals surface area contributed by atoms with Crippen LogP contribution in [0.2, 0.25) is 0 Å². The standard InChI is InChI=1S/C17H14O4/c1-11-2-5-14(18)13(8-11)15(19)6-3-12-4-7-16-17(9-12)21-10-20-16/h2-9,18H,10H2,1H3. The number of rotatable bonds is 3. The molecule has 0 saturated heterocycles. The zero-order chi connectivity index (χ0) is 14.8. The predicted molar refractivity (Wildman–Crippen MR) is 78.8 cm³/mol. The molecule has 0 saturated carbocycles. The lowest BCUT2D eigenvalue weighted by Crippen LogP contribution is -1.95. The van der Waals surface area contributed by atoms with Gasteiger partial charge in [-0.15, -0.1) is 0 Å². The van der Waals surface area contributed by atoms with E-state index in [1.807, 2.05) is 19.1 Å². The van der Waals surface area contributed by atoms with Gasteiger partial charge >= 0.3 is 0 Å². The second-order valence-electron chi connectivity index (χ2n) is 4.83. The summed E-state index contributed by atoms with van der Waals surface area (Å²) < 4.78 is 10.5. The second kappa shape index (κ2) is 5.32. The van der Waals surface area contributed by atoms with Crippen molar-refractivity contribution in [2.75, 3.05) is 6.79 Å². The largest absolute Gasteiger partial charge is 0.507 e. The van der Waals surface area contributed by atoms with Crippen LogP contribution in [0, 0.1) is 6.92 Å². The van der Waals surface area contributed by atoms with E-state index in [9.17, 15) is 9.90 Å². The number of carbonyl (C=O) groups excluding carboxylic acids is 1. The number of benzene rings is 2. The van der Waals surface area contributed by atoms with Crippen molar-refractivity contribution in [2.24, 2.45) is 0 Å². The summed E-state index contributed by atoms with van der Waals surface area (Å²) in [5, 5.41) is 9.74. The molecular weight excluding hydrogens is 268 g/mol. The van der Waals surface area contributed by atoms with Crippen molar-refractivity contribution in [3.05, 3.63) is 59.2 Å². The van der Waals surface area contributed by atoms with Crippen LogP contribution in [0.25, 0.3) is 6.08 Å². The number of aromatic hydroxyl groups is 1. The fourth-order valence-corrected chi connectivity index (χ4v) is 2.13. The van der Waals surface area contributed by atoms with Gasteiger partial charge in [0.1, 0.15) is 5.75 Å². The van der Waals surface area contributed by atoms with Crippen molar-refractivity contribution >= 4 is 11.9 Å². The van der Waals surface area contributed by atoms with Gasteiger partial charge in [-0.2, -0.15) is 0 Å².